The number of sulfonamides is 1. The lowest BCUT2D eigenvalue weighted by molar-refractivity contribution is 0.00771. The molecule has 0 bridgehead atoms. The van der Waals surface area contributed by atoms with Crippen molar-refractivity contribution in [1.82, 2.24) is 9.21 Å². The van der Waals surface area contributed by atoms with Crippen LogP contribution in [0.2, 0.25) is 5.02 Å². The first-order valence-electron chi connectivity index (χ1n) is 13.1. The monoisotopic (exact) mass is 578 g/mol. The van der Waals surface area contributed by atoms with E-state index in [1.165, 1.54) is 7.11 Å². The molecule has 1 heterocycles. The Morgan fingerprint density at radius 3 is 2.23 bits per heavy atom. The molecule has 0 radical (unpaired) electrons. The van der Waals surface area contributed by atoms with Crippen molar-refractivity contribution >= 4 is 38.4 Å². The predicted molar refractivity (Wildman–Crippen MR) is 156 cm³/mol. The Kier molecular flexibility index (Phi) is 8.83. The van der Waals surface area contributed by atoms with Gasteiger partial charge in [-0.3, -0.25) is 4.90 Å². The number of hydrogen-bond acceptors (Lipinski definition) is 6. The molecule has 0 aliphatic carbocycles. The number of fused-ring (bicyclic) bond motifs is 1. The third kappa shape index (κ3) is 6.54. The number of piperazine rings is 1. The van der Waals surface area contributed by atoms with Gasteiger partial charge in [0.15, 0.2) is 0 Å². The van der Waals surface area contributed by atoms with E-state index in [9.17, 15) is 13.2 Å². The summed E-state index contributed by atoms with van der Waals surface area (Å²) < 4.78 is 39.5. The molecular formula is C31H31ClN2O5S. The summed E-state index contributed by atoms with van der Waals surface area (Å²) in [7, 11) is -2.24. The predicted octanol–water partition coefficient (Wildman–Crippen LogP) is 5.54. The fraction of sp³-hybridized carbons (Fsp3) is 0.258. The number of nitrogens with zero attached hydrogens (tertiary/aromatic N) is 2. The molecule has 0 amide bonds. The van der Waals surface area contributed by atoms with E-state index >= 15 is 0 Å². The summed E-state index contributed by atoms with van der Waals surface area (Å²) in [4.78, 5) is 14.3. The van der Waals surface area contributed by atoms with Gasteiger partial charge >= 0.3 is 5.97 Å². The molecule has 1 saturated heterocycles. The van der Waals surface area contributed by atoms with E-state index in [0.717, 1.165) is 21.9 Å². The summed E-state index contributed by atoms with van der Waals surface area (Å²) in [6.07, 6.45) is -0.249. The molecule has 4 aromatic rings. The van der Waals surface area contributed by atoms with Crippen molar-refractivity contribution in [2.24, 2.45) is 0 Å². The molecule has 1 fully saturated rings. The van der Waals surface area contributed by atoms with Gasteiger partial charge in [0.05, 0.1) is 30.3 Å². The molecule has 0 spiro atoms. The quantitative estimate of drug-likeness (QED) is 0.243. The maximum absolute atomic E-state index is 13.4. The van der Waals surface area contributed by atoms with Gasteiger partial charge in [-0.2, -0.15) is 4.31 Å². The van der Waals surface area contributed by atoms with Gasteiger partial charge < -0.3 is 9.47 Å². The Morgan fingerprint density at radius 1 is 0.875 bits per heavy atom. The van der Waals surface area contributed by atoms with Gasteiger partial charge in [-0.05, 0) is 58.3 Å². The summed E-state index contributed by atoms with van der Waals surface area (Å²) in [6, 6.07) is 27.8. The van der Waals surface area contributed by atoms with Crippen molar-refractivity contribution < 1.29 is 22.7 Å². The zero-order valence-electron chi connectivity index (χ0n) is 22.2. The summed E-state index contributed by atoms with van der Waals surface area (Å²) in [5.41, 5.74) is 2.40. The van der Waals surface area contributed by atoms with Gasteiger partial charge in [0.1, 0.15) is 0 Å². The molecular weight excluding hydrogens is 548 g/mol. The van der Waals surface area contributed by atoms with Gasteiger partial charge in [0, 0.05) is 37.7 Å². The second-order valence-electron chi connectivity index (χ2n) is 9.75. The van der Waals surface area contributed by atoms with Crippen LogP contribution in [0.25, 0.3) is 10.8 Å². The molecule has 5 rings (SSSR count). The van der Waals surface area contributed by atoms with E-state index in [1.807, 2.05) is 66.7 Å². The standard InChI is InChI=1S/C31H31ClN2O5S/c1-38-31(35)26-8-6-23(7-9-26)22-39-30(25-10-13-28(32)14-11-25)21-33-16-18-34(19-17-33)40(36,37)29-15-12-24-4-2-3-5-27(24)20-29/h2-15,20,30H,16-19,21-22H2,1H3/t30-/m1/s1. The molecule has 0 saturated carbocycles. The van der Waals surface area contributed by atoms with Crippen molar-refractivity contribution in [1.29, 1.82) is 0 Å². The highest BCUT2D eigenvalue weighted by Gasteiger charge is 2.30. The van der Waals surface area contributed by atoms with Crippen LogP contribution in [0.5, 0.6) is 0 Å². The maximum Gasteiger partial charge on any atom is 0.337 e. The number of halogens is 1. The number of rotatable bonds is 9. The molecule has 4 aromatic carbocycles. The average molecular weight is 579 g/mol. The highest BCUT2D eigenvalue weighted by atomic mass is 35.5. The van der Waals surface area contributed by atoms with E-state index < -0.39 is 10.0 Å². The minimum atomic E-state index is -3.59. The average Bonchev–Trinajstić information content (AvgIpc) is 2.99. The van der Waals surface area contributed by atoms with Gasteiger partial charge in [-0.1, -0.05) is 66.2 Å². The molecule has 0 aromatic heterocycles. The second-order valence-corrected chi connectivity index (χ2v) is 12.1. The van der Waals surface area contributed by atoms with Crippen LogP contribution in [-0.2, 0) is 26.1 Å². The van der Waals surface area contributed by atoms with Crippen LogP contribution in [0.4, 0.5) is 0 Å². The Morgan fingerprint density at radius 2 is 1.55 bits per heavy atom. The smallest absolute Gasteiger partial charge is 0.337 e. The van der Waals surface area contributed by atoms with Crippen LogP contribution in [0.3, 0.4) is 0 Å². The first-order chi connectivity index (χ1) is 19.3. The van der Waals surface area contributed by atoms with Gasteiger partial charge in [0.2, 0.25) is 10.0 Å². The number of ether oxygens (including phenoxy) is 2. The number of carbonyl (C=O) groups is 1. The number of hydrogen-bond donors (Lipinski definition) is 0. The summed E-state index contributed by atoms with van der Waals surface area (Å²) in [5, 5.41) is 2.57. The lowest BCUT2D eigenvalue weighted by Gasteiger charge is -2.36. The van der Waals surface area contributed by atoms with Gasteiger partial charge in [-0.15, -0.1) is 0 Å². The van der Waals surface area contributed by atoms with Gasteiger partial charge in [0.25, 0.3) is 0 Å². The minimum Gasteiger partial charge on any atom is -0.465 e. The van der Waals surface area contributed by atoms with Crippen LogP contribution < -0.4 is 0 Å². The first kappa shape index (κ1) is 28.3. The fourth-order valence-corrected chi connectivity index (χ4v) is 6.43. The summed E-state index contributed by atoms with van der Waals surface area (Å²) in [5.74, 6) is -0.381. The van der Waals surface area contributed by atoms with Crippen molar-refractivity contribution in [3.8, 4) is 0 Å². The second kappa shape index (κ2) is 12.5. The number of benzene rings is 4. The van der Waals surface area contributed by atoms with Crippen LogP contribution in [-0.4, -0.2) is 63.4 Å². The van der Waals surface area contributed by atoms with E-state index in [2.05, 4.69) is 4.90 Å². The van der Waals surface area contributed by atoms with Crippen molar-refractivity contribution in [2.75, 3.05) is 39.8 Å². The highest BCUT2D eigenvalue weighted by Crippen LogP contribution is 2.26. The van der Waals surface area contributed by atoms with Crippen LogP contribution in [0.15, 0.2) is 95.9 Å². The number of esters is 1. The Hall–Kier alpha value is -3.27. The van der Waals surface area contributed by atoms with Crippen LogP contribution >= 0.6 is 11.6 Å². The van der Waals surface area contributed by atoms with Gasteiger partial charge in [-0.25, -0.2) is 13.2 Å². The molecule has 0 N–H and O–H groups in total. The van der Waals surface area contributed by atoms with Crippen LogP contribution in [0, 0.1) is 0 Å². The lowest BCUT2D eigenvalue weighted by atomic mass is 10.1. The van der Waals surface area contributed by atoms with Crippen molar-refractivity contribution in [3.05, 3.63) is 113 Å². The molecule has 1 atom stereocenters. The highest BCUT2D eigenvalue weighted by molar-refractivity contribution is 7.89. The van der Waals surface area contributed by atoms with Crippen LogP contribution in [0.1, 0.15) is 27.6 Å². The van der Waals surface area contributed by atoms with Crippen molar-refractivity contribution in [3.63, 3.8) is 0 Å². The Bertz CT molecular complexity index is 1570. The summed E-state index contributed by atoms with van der Waals surface area (Å²) >= 11 is 6.12. The Balaban J connectivity index is 1.24. The minimum absolute atomic E-state index is 0.249. The zero-order chi connectivity index (χ0) is 28.1. The third-order valence-corrected chi connectivity index (χ3v) is 9.33. The van der Waals surface area contributed by atoms with E-state index in [0.29, 0.717) is 54.8 Å². The molecule has 9 heteroatoms. The Labute approximate surface area is 239 Å². The molecule has 0 unspecified atom stereocenters. The number of carbonyl (C=O) groups excluding carboxylic acids is 1. The van der Waals surface area contributed by atoms with E-state index in [-0.39, 0.29) is 12.1 Å². The molecule has 40 heavy (non-hydrogen) atoms. The molecule has 1 aliphatic heterocycles. The maximum atomic E-state index is 13.4. The first-order valence-corrected chi connectivity index (χ1v) is 14.9. The largest absolute Gasteiger partial charge is 0.465 e. The topological polar surface area (TPSA) is 76.2 Å². The molecule has 7 nitrogen and oxygen atoms in total. The normalized spacial score (nSPS) is 15.7. The molecule has 208 valence electrons. The van der Waals surface area contributed by atoms with E-state index in [4.69, 9.17) is 21.1 Å². The van der Waals surface area contributed by atoms with Crippen molar-refractivity contribution in [2.45, 2.75) is 17.6 Å². The third-order valence-electron chi connectivity index (χ3n) is 7.18. The summed E-state index contributed by atoms with van der Waals surface area (Å²) in [6.45, 7) is 2.94. The zero-order valence-corrected chi connectivity index (χ0v) is 23.8. The van der Waals surface area contributed by atoms with E-state index in [1.54, 1.807) is 28.6 Å². The number of methoxy groups -OCH3 is 1. The fourth-order valence-electron chi connectivity index (χ4n) is 4.85. The molecule has 1 aliphatic rings. The SMILES string of the molecule is COC(=O)c1ccc(CO[C@H](CN2CCN(S(=O)(=O)c3ccc4ccccc4c3)CC2)c2ccc(Cl)cc2)cc1. The lowest BCUT2D eigenvalue weighted by Crippen LogP contribution is -2.49.